The van der Waals surface area contributed by atoms with Crippen LogP contribution in [0.1, 0.15) is 30.4 Å². The van der Waals surface area contributed by atoms with Gasteiger partial charge in [0.15, 0.2) is 0 Å². The Bertz CT molecular complexity index is 341. The Morgan fingerprint density at radius 3 is 2.56 bits per heavy atom. The van der Waals surface area contributed by atoms with Crippen molar-refractivity contribution in [1.82, 2.24) is 5.32 Å². The van der Waals surface area contributed by atoms with Crippen LogP contribution >= 0.6 is 0 Å². The minimum atomic E-state index is 0.964. The van der Waals surface area contributed by atoms with Crippen LogP contribution in [0.15, 0.2) is 18.2 Å². The maximum absolute atomic E-state index is 3.21. The van der Waals surface area contributed by atoms with Gasteiger partial charge in [-0.25, -0.2) is 0 Å². The van der Waals surface area contributed by atoms with Gasteiger partial charge < -0.3 is 10.2 Å². The minimum absolute atomic E-state index is 0.964. The molecule has 0 bridgehead atoms. The molecule has 1 aromatic rings. The second-order valence-electron chi connectivity index (χ2n) is 4.69. The molecule has 0 amide bonds. The van der Waals surface area contributed by atoms with E-state index in [0.29, 0.717) is 0 Å². The van der Waals surface area contributed by atoms with Crippen molar-refractivity contribution in [2.24, 2.45) is 0 Å². The summed E-state index contributed by atoms with van der Waals surface area (Å²) in [5, 5.41) is 3.21. The summed E-state index contributed by atoms with van der Waals surface area (Å²) in [6.07, 6.45) is 4.09. The summed E-state index contributed by atoms with van der Waals surface area (Å²) < 4.78 is 0. The second-order valence-corrected chi connectivity index (χ2v) is 4.69. The molecule has 2 nitrogen and oxygen atoms in total. The lowest BCUT2D eigenvalue weighted by atomic mass is 10.1. The monoisotopic (exact) mass is 218 g/mol. The fraction of sp³-hybridized carbons (Fsp3) is 0.571. The average molecular weight is 218 g/mol. The van der Waals surface area contributed by atoms with E-state index in [1.807, 2.05) is 7.05 Å². The predicted molar refractivity (Wildman–Crippen MR) is 70.0 cm³/mol. The number of aryl methyl sites for hydroxylation is 1. The standard InChI is InChI=1S/C14H22N2/c1-12-10-14(7-6-13(12)11-15-2)16-8-4-3-5-9-16/h6-7,10,15H,3-5,8-9,11H2,1-2H3. The molecule has 0 unspecified atom stereocenters. The van der Waals surface area contributed by atoms with Crippen molar-refractivity contribution in [3.63, 3.8) is 0 Å². The molecule has 1 N–H and O–H groups in total. The molecule has 1 saturated heterocycles. The highest BCUT2D eigenvalue weighted by Gasteiger charge is 2.11. The van der Waals surface area contributed by atoms with Gasteiger partial charge in [-0.1, -0.05) is 6.07 Å². The summed E-state index contributed by atoms with van der Waals surface area (Å²) >= 11 is 0. The first-order valence-corrected chi connectivity index (χ1v) is 6.30. The number of rotatable bonds is 3. The third-order valence-corrected chi connectivity index (χ3v) is 3.41. The molecule has 1 aliphatic heterocycles. The van der Waals surface area contributed by atoms with Crippen LogP contribution in [0.3, 0.4) is 0 Å². The van der Waals surface area contributed by atoms with Crippen molar-refractivity contribution in [2.45, 2.75) is 32.7 Å². The molecule has 0 aliphatic carbocycles. The summed E-state index contributed by atoms with van der Waals surface area (Å²) in [5.41, 5.74) is 4.21. The lowest BCUT2D eigenvalue weighted by molar-refractivity contribution is 0.577. The molecule has 1 heterocycles. The van der Waals surface area contributed by atoms with Gasteiger partial charge in [0, 0.05) is 25.3 Å². The van der Waals surface area contributed by atoms with Crippen molar-refractivity contribution in [3.8, 4) is 0 Å². The topological polar surface area (TPSA) is 15.3 Å². The van der Waals surface area contributed by atoms with Crippen molar-refractivity contribution < 1.29 is 0 Å². The minimum Gasteiger partial charge on any atom is -0.372 e. The fourth-order valence-corrected chi connectivity index (χ4v) is 2.42. The van der Waals surface area contributed by atoms with Crippen molar-refractivity contribution in [1.29, 1.82) is 0 Å². The van der Waals surface area contributed by atoms with Crippen LogP contribution in [0.25, 0.3) is 0 Å². The van der Waals surface area contributed by atoms with E-state index in [9.17, 15) is 0 Å². The summed E-state index contributed by atoms with van der Waals surface area (Å²) in [7, 11) is 2.00. The third-order valence-electron chi connectivity index (χ3n) is 3.41. The van der Waals surface area contributed by atoms with Crippen molar-refractivity contribution >= 4 is 5.69 Å². The van der Waals surface area contributed by atoms with Crippen LogP contribution in [0, 0.1) is 6.92 Å². The largest absolute Gasteiger partial charge is 0.372 e. The van der Waals surface area contributed by atoms with E-state index in [1.54, 1.807) is 0 Å². The highest BCUT2D eigenvalue weighted by molar-refractivity contribution is 5.51. The molecule has 1 aromatic carbocycles. The Hall–Kier alpha value is -1.02. The average Bonchev–Trinajstić information content (AvgIpc) is 2.33. The first-order valence-electron chi connectivity index (χ1n) is 6.30. The van der Waals surface area contributed by atoms with Crippen molar-refractivity contribution in [2.75, 3.05) is 25.0 Å². The lowest BCUT2D eigenvalue weighted by Gasteiger charge is -2.29. The zero-order valence-corrected chi connectivity index (χ0v) is 10.4. The number of nitrogens with one attached hydrogen (secondary N) is 1. The molecule has 0 radical (unpaired) electrons. The Balaban J connectivity index is 2.13. The highest BCUT2D eigenvalue weighted by atomic mass is 15.1. The zero-order chi connectivity index (χ0) is 11.4. The van der Waals surface area contributed by atoms with Crippen LogP contribution in [0.4, 0.5) is 5.69 Å². The molecule has 88 valence electrons. The third kappa shape index (κ3) is 2.56. The lowest BCUT2D eigenvalue weighted by Crippen LogP contribution is -2.29. The van der Waals surface area contributed by atoms with Gasteiger partial charge >= 0.3 is 0 Å². The van der Waals surface area contributed by atoms with Gasteiger partial charge in [-0.05, 0) is 56.5 Å². The fourth-order valence-electron chi connectivity index (χ4n) is 2.42. The molecule has 0 atom stereocenters. The zero-order valence-electron chi connectivity index (χ0n) is 10.4. The maximum atomic E-state index is 3.21. The molecular weight excluding hydrogens is 196 g/mol. The molecule has 1 fully saturated rings. The van der Waals surface area contributed by atoms with Gasteiger partial charge in [0.2, 0.25) is 0 Å². The Labute approximate surface area is 98.7 Å². The van der Waals surface area contributed by atoms with Gasteiger partial charge in [-0.3, -0.25) is 0 Å². The second kappa shape index (κ2) is 5.35. The molecule has 1 aliphatic rings. The Morgan fingerprint density at radius 2 is 1.94 bits per heavy atom. The quantitative estimate of drug-likeness (QED) is 0.839. The maximum Gasteiger partial charge on any atom is 0.0369 e. The first kappa shape index (κ1) is 11.5. The van der Waals surface area contributed by atoms with E-state index < -0.39 is 0 Å². The predicted octanol–water partition coefficient (Wildman–Crippen LogP) is 2.70. The summed E-state index contributed by atoms with van der Waals surface area (Å²) in [5.74, 6) is 0. The summed E-state index contributed by atoms with van der Waals surface area (Å²) in [6, 6.07) is 6.86. The summed E-state index contributed by atoms with van der Waals surface area (Å²) in [6.45, 7) is 5.63. The number of anilines is 1. The number of hydrogen-bond acceptors (Lipinski definition) is 2. The van der Waals surface area contributed by atoms with Gasteiger partial charge in [0.1, 0.15) is 0 Å². The molecule has 0 spiro atoms. The number of nitrogens with zero attached hydrogens (tertiary/aromatic N) is 1. The molecule has 16 heavy (non-hydrogen) atoms. The smallest absolute Gasteiger partial charge is 0.0369 e. The van der Waals surface area contributed by atoms with Gasteiger partial charge in [-0.2, -0.15) is 0 Å². The van der Waals surface area contributed by atoms with E-state index in [1.165, 1.54) is 49.2 Å². The number of hydrogen-bond donors (Lipinski definition) is 1. The van der Waals surface area contributed by atoms with Crippen LogP contribution < -0.4 is 10.2 Å². The van der Waals surface area contributed by atoms with Gasteiger partial charge in [-0.15, -0.1) is 0 Å². The highest BCUT2D eigenvalue weighted by Crippen LogP contribution is 2.22. The van der Waals surface area contributed by atoms with Crippen molar-refractivity contribution in [3.05, 3.63) is 29.3 Å². The normalized spacial score (nSPS) is 16.5. The molecular formula is C14H22N2. The Kier molecular flexibility index (Phi) is 3.83. The van der Waals surface area contributed by atoms with Crippen LogP contribution in [0.5, 0.6) is 0 Å². The van der Waals surface area contributed by atoms with E-state index in [2.05, 4.69) is 35.3 Å². The van der Waals surface area contributed by atoms with Gasteiger partial charge in [0.25, 0.3) is 0 Å². The number of benzene rings is 1. The van der Waals surface area contributed by atoms with Crippen LogP contribution in [0.2, 0.25) is 0 Å². The van der Waals surface area contributed by atoms with E-state index in [-0.39, 0.29) is 0 Å². The Morgan fingerprint density at radius 1 is 1.19 bits per heavy atom. The number of piperidine rings is 1. The van der Waals surface area contributed by atoms with E-state index >= 15 is 0 Å². The molecule has 2 rings (SSSR count). The first-order chi connectivity index (χ1) is 7.81. The molecule has 0 saturated carbocycles. The molecule has 0 aromatic heterocycles. The van der Waals surface area contributed by atoms with E-state index in [4.69, 9.17) is 0 Å². The summed E-state index contributed by atoms with van der Waals surface area (Å²) in [4.78, 5) is 2.51. The van der Waals surface area contributed by atoms with Gasteiger partial charge in [0.05, 0.1) is 0 Å². The van der Waals surface area contributed by atoms with Crippen LogP contribution in [-0.4, -0.2) is 20.1 Å². The van der Waals surface area contributed by atoms with E-state index in [0.717, 1.165) is 6.54 Å². The van der Waals surface area contributed by atoms with Crippen LogP contribution in [-0.2, 0) is 6.54 Å². The molecule has 2 heteroatoms. The SMILES string of the molecule is CNCc1ccc(N2CCCCC2)cc1C.